The Labute approximate surface area is 210 Å². The average molecular weight is 505 g/mol. The summed E-state index contributed by atoms with van der Waals surface area (Å²) in [5, 5.41) is 5.51. The van der Waals surface area contributed by atoms with Crippen LogP contribution in [-0.2, 0) is 11.2 Å². The second-order valence-electron chi connectivity index (χ2n) is 8.75. The van der Waals surface area contributed by atoms with Crippen molar-refractivity contribution < 1.29 is 22.8 Å². The first-order valence-corrected chi connectivity index (χ1v) is 11.8. The number of nitrogens with zero attached hydrogens (tertiary/aromatic N) is 1. The summed E-state index contributed by atoms with van der Waals surface area (Å²) in [5.41, 5.74) is 4.61. The molecule has 3 heterocycles. The maximum absolute atomic E-state index is 13.3. The Bertz CT molecular complexity index is 1440. The maximum Gasteiger partial charge on any atom is 0.253 e. The van der Waals surface area contributed by atoms with Gasteiger partial charge in [0.15, 0.2) is 0 Å². The fourth-order valence-corrected chi connectivity index (χ4v) is 4.62. The molecule has 1 unspecified atom stereocenters. The van der Waals surface area contributed by atoms with Crippen LogP contribution in [0.3, 0.4) is 0 Å². The third kappa shape index (κ3) is 5.11. The summed E-state index contributed by atoms with van der Waals surface area (Å²) in [5.74, 6) is -2.39. The lowest BCUT2D eigenvalue weighted by Gasteiger charge is -2.17. The number of alkyl halides is 2. The minimum absolute atomic E-state index is 0.167. The van der Waals surface area contributed by atoms with E-state index in [1.54, 1.807) is 12.1 Å². The Morgan fingerprint density at radius 3 is 2.49 bits per heavy atom. The summed E-state index contributed by atoms with van der Waals surface area (Å²) in [7, 11) is 0. The molecule has 188 valence electrons. The molecular weight excluding hydrogens is 481 g/mol. The first kappa shape index (κ1) is 24.3. The molecule has 1 atom stereocenters. The van der Waals surface area contributed by atoms with Gasteiger partial charge in [0, 0.05) is 42.4 Å². The van der Waals surface area contributed by atoms with E-state index in [4.69, 9.17) is 0 Å². The predicted molar refractivity (Wildman–Crippen MR) is 134 cm³/mol. The molecule has 5 rings (SSSR count). The van der Waals surface area contributed by atoms with Crippen molar-refractivity contribution in [3.63, 3.8) is 0 Å². The number of nitrogens with one attached hydrogen (secondary N) is 3. The topological polar surface area (TPSA) is 86.9 Å². The Morgan fingerprint density at radius 1 is 1.00 bits per heavy atom. The van der Waals surface area contributed by atoms with Crippen molar-refractivity contribution in [2.75, 3.05) is 11.9 Å². The summed E-state index contributed by atoms with van der Waals surface area (Å²) in [6, 6.07) is 17.8. The van der Waals surface area contributed by atoms with Gasteiger partial charge < -0.3 is 15.6 Å². The van der Waals surface area contributed by atoms with E-state index < -0.39 is 30.5 Å². The molecule has 3 N–H and O–H groups in total. The van der Waals surface area contributed by atoms with Crippen LogP contribution in [-0.4, -0.2) is 34.8 Å². The zero-order chi connectivity index (χ0) is 25.9. The van der Waals surface area contributed by atoms with E-state index in [9.17, 15) is 22.8 Å². The van der Waals surface area contributed by atoms with Crippen molar-refractivity contribution in [1.29, 1.82) is 0 Å². The van der Waals surface area contributed by atoms with Gasteiger partial charge in [-0.1, -0.05) is 42.5 Å². The highest BCUT2D eigenvalue weighted by atomic mass is 19.3. The van der Waals surface area contributed by atoms with Crippen LogP contribution in [0.25, 0.3) is 22.4 Å². The third-order valence-electron chi connectivity index (χ3n) is 6.33. The number of hydrogen-bond acceptors (Lipinski definition) is 3. The van der Waals surface area contributed by atoms with E-state index >= 15 is 0 Å². The number of halogens is 3. The van der Waals surface area contributed by atoms with Crippen LogP contribution in [0.4, 0.5) is 19.0 Å². The minimum atomic E-state index is -2.73. The largest absolute Gasteiger partial charge is 0.357 e. The van der Waals surface area contributed by atoms with Crippen molar-refractivity contribution in [1.82, 2.24) is 15.3 Å². The number of H-pyrrole nitrogens is 1. The Morgan fingerprint density at radius 2 is 1.76 bits per heavy atom. The molecule has 0 spiro atoms. The fraction of sp³-hybridized carbons (Fsp3) is 0.179. The van der Waals surface area contributed by atoms with Gasteiger partial charge in [-0.15, -0.1) is 0 Å². The van der Waals surface area contributed by atoms with Gasteiger partial charge in [-0.3, -0.25) is 9.59 Å². The molecule has 2 aromatic heterocycles. The molecule has 9 heteroatoms. The lowest BCUT2D eigenvalue weighted by atomic mass is 9.94. The monoisotopic (exact) mass is 504 g/mol. The molecule has 0 bridgehead atoms. The van der Waals surface area contributed by atoms with Gasteiger partial charge in [0.2, 0.25) is 12.3 Å². The number of pyridine rings is 1. The normalized spacial score (nSPS) is 13.7. The molecule has 0 saturated heterocycles. The van der Waals surface area contributed by atoms with Crippen molar-refractivity contribution in [2.45, 2.75) is 25.2 Å². The van der Waals surface area contributed by atoms with E-state index in [1.165, 1.54) is 18.3 Å². The highest BCUT2D eigenvalue weighted by molar-refractivity contribution is 6.07. The lowest BCUT2D eigenvalue weighted by Crippen LogP contribution is -2.31. The van der Waals surface area contributed by atoms with Gasteiger partial charge in [-0.05, 0) is 35.4 Å². The molecule has 37 heavy (non-hydrogen) atoms. The number of aromatic nitrogens is 2. The standard InChI is InChI=1S/C28H23F3N4O2/c29-19-8-6-16(7-9-19)20(15-22(30)31)27(36)35-23-14-18(10-12-32-23)26-24(17-4-2-1-3-5-17)25-21(34-26)11-13-33-28(25)37/h1-10,12,14,20,22,34H,11,13,15H2,(H,33,37)(H,32,35,36). The number of carbonyl (C=O) groups is 2. The number of hydrogen-bond donors (Lipinski definition) is 3. The van der Waals surface area contributed by atoms with Crippen LogP contribution in [0, 0.1) is 5.82 Å². The molecule has 0 aliphatic carbocycles. The van der Waals surface area contributed by atoms with Crippen LogP contribution in [0.2, 0.25) is 0 Å². The Hall–Kier alpha value is -4.40. The quantitative estimate of drug-likeness (QED) is 0.309. The summed E-state index contributed by atoms with van der Waals surface area (Å²) >= 11 is 0. The van der Waals surface area contributed by atoms with E-state index in [2.05, 4.69) is 20.6 Å². The first-order valence-electron chi connectivity index (χ1n) is 11.8. The highest BCUT2D eigenvalue weighted by Crippen LogP contribution is 2.38. The molecule has 4 aromatic rings. The van der Waals surface area contributed by atoms with Gasteiger partial charge >= 0.3 is 0 Å². The van der Waals surface area contributed by atoms with Gasteiger partial charge in [-0.2, -0.15) is 0 Å². The molecule has 2 aromatic carbocycles. The summed E-state index contributed by atoms with van der Waals surface area (Å²) < 4.78 is 39.9. The Balaban J connectivity index is 1.50. The Kier molecular flexibility index (Phi) is 6.76. The predicted octanol–water partition coefficient (Wildman–Crippen LogP) is 5.55. The number of carbonyl (C=O) groups excluding carboxylic acids is 2. The molecule has 1 aliphatic heterocycles. The summed E-state index contributed by atoms with van der Waals surface area (Å²) in [6.45, 7) is 0.520. The van der Waals surface area contributed by atoms with Crippen LogP contribution in [0.1, 0.15) is 34.0 Å². The van der Waals surface area contributed by atoms with Crippen LogP contribution >= 0.6 is 0 Å². The van der Waals surface area contributed by atoms with Gasteiger partial charge in [0.25, 0.3) is 5.91 Å². The molecule has 6 nitrogen and oxygen atoms in total. The van der Waals surface area contributed by atoms with Crippen LogP contribution < -0.4 is 10.6 Å². The number of benzene rings is 2. The van der Waals surface area contributed by atoms with Gasteiger partial charge in [-0.25, -0.2) is 18.2 Å². The van der Waals surface area contributed by atoms with Gasteiger partial charge in [0.1, 0.15) is 11.6 Å². The molecule has 1 aliphatic rings. The number of fused-ring (bicyclic) bond motifs is 1. The second kappa shape index (κ2) is 10.3. The zero-order valence-corrected chi connectivity index (χ0v) is 19.6. The number of amides is 2. The smallest absolute Gasteiger partial charge is 0.253 e. The number of aromatic amines is 1. The summed E-state index contributed by atoms with van der Waals surface area (Å²) in [6.07, 6.45) is -1.31. The van der Waals surface area contributed by atoms with Crippen molar-refractivity contribution in [3.05, 3.63) is 95.6 Å². The van der Waals surface area contributed by atoms with Crippen LogP contribution in [0.5, 0.6) is 0 Å². The van der Waals surface area contributed by atoms with E-state index in [1.807, 2.05) is 30.3 Å². The second-order valence-corrected chi connectivity index (χ2v) is 8.75. The molecular formula is C28H23F3N4O2. The summed E-state index contributed by atoms with van der Waals surface area (Å²) in [4.78, 5) is 33.4. The van der Waals surface area contributed by atoms with E-state index in [0.29, 0.717) is 29.8 Å². The zero-order valence-electron chi connectivity index (χ0n) is 19.6. The average Bonchev–Trinajstić information content (AvgIpc) is 3.29. The van der Waals surface area contributed by atoms with Gasteiger partial charge in [0.05, 0.1) is 17.2 Å². The molecule has 2 amide bonds. The molecule has 0 radical (unpaired) electrons. The number of rotatable bonds is 7. The highest BCUT2D eigenvalue weighted by Gasteiger charge is 2.28. The van der Waals surface area contributed by atoms with Crippen molar-refractivity contribution in [3.8, 4) is 22.4 Å². The third-order valence-corrected chi connectivity index (χ3v) is 6.33. The van der Waals surface area contributed by atoms with E-state index in [-0.39, 0.29) is 17.3 Å². The minimum Gasteiger partial charge on any atom is -0.357 e. The molecule has 0 fully saturated rings. The number of anilines is 1. The van der Waals surface area contributed by atoms with Crippen molar-refractivity contribution >= 4 is 17.6 Å². The van der Waals surface area contributed by atoms with Crippen LogP contribution in [0.15, 0.2) is 72.9 Å². The maximum atomic E-state index is 13.3. The fourth-order valence-electron chi connectivity index (χ4n) is 4.62. The first-order chi connectivity index (χ1) is 17.9. The SMILES string of the molecule is O=C1NCCc2[nH]c(-c3ccnc(NC(=O)C(CC(F)F)c4ccc(F)cc4)c3)c(-c3ccccc3)c21. The lowest BCUT2D eigenvalue weighted by molar-refractivity contribution is -0.118. The molecule has 0 saturated carbocycles. The van der Waals surface area contributed by atoms with Crippen molar-refractivity contribution in [2.24, 2.45) is 0 Å². The van der Waals surface area contributed by atoms with E-state index in [0.717, 1.165) is 29.0 Å².